The van der Waals surface area contributed by atoms with Crippen molar-refractivity contribution in [2.75, 3.05) is 33.9 Å². The third-order valence-corrected chi connectivity index (χ3v) is 4.79. The molecule has 2 aromatic rings. The Morgan fingerprint density at radius 1 is 1.15 bits per heavy atom. The van der Waals surface area contributed by atoms with Gasteiger partial charge in [-0.05, 0) is 29.7 Å². The zero-order chi connectivity index (χ0) is 18.9. The van der Waals surface area contributed by atoms with Crippen molar-refractivity contribution in [2.24, 2.45) is 10.9 Å². The Balaban J connectivity index is 1.51. The molecule has 1 unspecified atom stereocenters. The highest BCUT2D eigenvalue weighted by Crippen LogP contribution is 2.17. The topological polar surface area (TPSA) is 46.1 Å². The number of rotatable bonds is 7. The number of para-hydroxylation sites is 1. The average molecular weight is 367 g/mol. The van der Waals surface area contributed by atoms with Crippen LogP contribution in [0.15, 0.2) is 59.6 Å². The third-order valence-electron chi connectivity index (χ3n) is 4.79. The van der Waals surface area contributed by atoms with E-state index in [1.165, 1.54) is 5.56 Å². The minimum Gasteiger partial charge on any atom is -0.489 e. The number of ether oxygens (including phenoxy) is 2. The van der Waals surface area contributed by atoms with Crippen molar-refractivity contribution in [3.05, 3.63) is 65.7 Å². The van der Waals surface area contributed by atoms with Crippen molar-refractivity contribution in [3.8, 4) is 5.75 Å². The zero-order valence-electron chi connectivity index (χ0n) is 16.2. The van der Waals surface area contributed by atoms with Gasteiger partial charge in [-0.2, -0.15) is 0 Å². The van der Waals surface area contributed by atoms with Gasteiger partial charge < -0.3 is 19.7 Å². The molecule has 0 saturated carbocycles. The Morgan fingerprint density at radius 3 is 2.74 bits per heavy atom. The van der Waals surface area contributed by atoms with Crippen LogP contribution >= 0.6 is 0 Å². The van der Waals surface area contributed by atoms with Gasteiger partial charge in [0.25, 0.3) is 0 Å². The molecule has 0 amide bonds. The van der Waals surface area contributed by atoms with E-state index in [1.807, 2.05) is 37.4 Å². The second kappa shape index (κ2) is 9.97. The Kier molecular flexibility index (Phi) is 7.11. The number of guanidine groups is 1. The van der Waals surface area contributed by atoms with Crippen LogP contribution in [0.3, 0.4) is 0 Å². The first-order valence-electron chi connectivity index (χ1n) is 9.48. The van der Waals surface area contributed by atoms with Crippen LogP contribution in [0.2, 0.25) is 0 Å². The van der Waals surface area contributed by atoms with Crippen LogP contribution in [0.1, 0.15) is 17.5 Å². The van der Waals surface area contributed by atoms with E-state index in [0.29, 0.717) is 12.5 Å². The number of nitrogens with zero attached hydrogens (tertiary/aromatic N) is 2. The third kappa shape index (κ3) is 5.73. The van der Waals surface area contributed by atoms with Gasteiger partial charge in [0.2, 0.25) is 0 Å². The molecule has 0 aliphatic carbocycles. The van der Waals surface area contributed by atoms with E-state index in [9.17, 15) is 0 Å². The van der Waals surface area contributed by atoms with E-state index in [-0.39, 0.29) is 0 Å². The van der Waals surface area contributed by atoms with Crippen molar-refractivity contribution >= 4 is 5.96 Å². The number of methoxy groups -OCH3 is 1. The number of nitrogens with one attached hydrogen (secondary N) is 1. The van der Waals surface area contributed by atoms with E-state index in [2.05, 4.69) is 39.5 Å². The van der Waals surface area contributed by atoms with E-state index >= 15 is 0 Å². The maximum Gasteiger partial charge on any atom is 0.193 e. The summed E-state index contributed by atoms with van der Waals surface area (Å²) >= 11 is 0. The first-order valence-corrected chi connectivity index (χ1v) is 9.48. The highest BCUT2D eigenvalue weighted by molar-refractivity contribution is 5.80. The lowest BCUT2D eigenvalue weighted by molar-refractivity contribution is 0.157. The van der Waals surface area contributed by atoms with E-state index in [1.54, 1.807) is 7.11 Å². The first-order chi connectivity index (χ1) is 13.3. The second-order valence-corrected chi connectivity index (χ2v) is 6.88. The fourth-order valence-electron chi connectivity index (χ4n) is 3.42. The average Bonchev–Trinajstić information content (AvgIpc) is 3.17. The molecule has 144 valence electrons. The van der Waals surface area contributed by atoms with Crippen LogP contribution in [0.5, 0.6) is 5.75 Å². The Labute approximate surface area is 162 Å². The summed E-state index contributed by atoms with van der Waals surface area (Å²) in [5, 5.41) is 3.49. The summed E-state index contributed by atoms with van der Waals surface area (Å²) in [7, 11) is 3.61. The number of hydrogen-bond acceptors (Lipinski definition) is 3. The molecule has 1 aliphatic heterocycles. The Morgan fingerprint density at radius 2 is 1.96 bits per heavy atom. The van der Waals surface area contributed by atoms with Gasteiger partial charge in [-0.1, -0.05) is 42.5 Å². The van der Waals surface area contributed by atoms with Crippen molar-refractivity contribution in [1.29, 1.82) is 0 Å². The smallest absolute Gasteiger partial charge is 0.193 e. The summed E-state index contributed by atoms with van der Waals surface area (Å²) in [6.07, 6.45) is 1.15. The van der Waals surface area contributed by atoms with Gasteiger partial charge in [0.1, 0.15) is 12.4 Å². The molecule has 0 aromatic heterocycles. The van der Waals surface area contributed by atoms with Crippen molar-refractivity contribution in [3.63, 3.8) is 0 Å². The summed E-state index contributed by atoms with van der Waals surface area (Å²) in [5.41, 5.74) is 2.38. The SMILES string of the molecule is CN=C(NCc1cccc(COc2ccccc2)c1)N1CCC(COC)C1. The molecule has 1 saturated heterocycles. The molecule has 5 heteroatoms. The maximum atomic E-state index is 5.85. The summed E-state index contributed by atoms with van der Waals surface area (Å²) in [4.78, 5) is 6.76. The van der Waals surface area contributed by atoms with Crippen molar-refractivity contribution in [2.45, 2.75) is 19.6 Å². The molecule has 2 aromatic carbocycles. The first kappa shape index (κ1) is 19.2. The number of aliphatic imine (C=N–C) groups is 1. The lowest BCUT2D eigenvalue weighted by atomic mass is 10.1. The molecule has 0 bridgehead atoms. The van der Waals surface area contributed by atoms with Crippen LogP contribution in [-0.2, 0) is 17.9 Å². The van der Waals surface area contributed by atoms with Crippen molar-refractivity contribution < 1.29 is 9.47 Å². The summed E-state index contributed by atoms with van der Waals surface area (Å²) in [6.45, 7) is 4.16. The number of benzene rings is 2. The number of likely N-dealkylation sites (tertiary alicyclic amines) is 1. The standard InChI is InChI=1S/C22H29N3O2/c1-23-22(25-12-11-20(15-25)16-26-2)24-14-18-7-6-8-19(13-18)17-27-21-9-4-3-5-10-21/h3-10,13,20H,11-12,14-17H2,1-2H3,(H,23,24). The largest absolute Gasteiger partial charge is 0.489 e. The molecule has 0 radical (unpaired) electrons. The Hall–Kier alpha value is -2.53. The van der Waals surface area contributed by atoms with E-state index in [0.717, 1.165) is 49.9 Å². The van der Waals surface area contributed by atoms with Crippen molar-refractivity contribution in [1.82, 2.24) is 10.2 Å². The highest BCUT2D eigenvalue weighted by Gasteiger charge is 2.24. The van der Waals surface area contributed by atoms with Gasteiger partial charge in [0.15, 0.2) is 5.96 Å². The van der Waals surface area contributed by atoms with Crippen LogP contribution in [0.25, 0.3) is 0 Å². The molecule has 1 N–H and O–H groups in total. The molecular weight excluding hydrogens is 338 g/mol. The summed E-state index contributed by atoms with van der Waals surface area (Å²) in [6, 6.07) is 18.4. The van der Waals surface area contributed by atoms with Gasteiger partial charge in [-0.25, -0.2) is 0 Å². The van der Waals surface area contributed by atoms with Gasteiger partial charge in [0.05, 0.1) is 6.61 Å². The lowest BCUT2D eigenvalue weighted by Gasteiger charge is -2.22. The van der Waals surface area contributed by atoms with Crippen LogP contribution in [-0.4, -0.2) is 44.7 Å². The van der Waals surface area contributed by atoms with Crippen LogP contribution < -0.4 is 10.1 Å². The minimum atomic E-state index is 0.567. The Bertz CT molecular complexity index is 733. The molecule has 3 rings (SSSR count). The highest BCUT2D eigenvalue weighted by atomic mass is 16.5. The molecule has 1 atom stereocenters. The van der Waals surface area contributed by atoms with Gasteiger partial charge in [0, 0.05) is 39.7 Å². The van der Waals surface area contributed by atoms with Crippen LogP contribution in [0.4, 0.5) is 0 Å². The normalized spacial score (nSPS) is 17.2. The molecular formula is C22H29N3O2. The zero-order valence-corrected chi connectivity index (χ0v) is 16.2. The fraction of sp³-hybridized carbons (Fsp3) is 0.409. The summed E-state index contributed by atoms with van der Waals surface area (Å²) in [5.74, 6) is 2.44. The predicted octanol–water partition coefficient (Wildman–Crippen LogP) is 3.31. The molecule has 5 nitrogen and oxygen atoms in total. The molecule has 1 fully saturated rings. The summed E-state index contributed by atoms with van der Waals surface area (Å²) < 4.78 is 11.1. The second-order valence-electron chi connectivity index (χ2n) is 6.88. The molecule has 1 heterocycles. The molecule has 1 aliphatic rings. The van der Waals surface area contributed by atoms with Gasteiger partial charge in [-0.3, -0.25) is 4.99 Å². The quantitative estimate of drug-likeness (QED) is 0.602. The van der Waals surface area contributed by atoms with E-state index in [4.69, 9.17) is 9.47 Å². The number of hydrogen-bond donors (Lipinski definition) is 1. The monoisotopic (exact) mass is 367 g/mol. The lowest BCUT2D eigenvalue weighted by Crippen LogP contribution is -2.39. The maximum absolute atomic E-state index is 5.85. The molecule has 27 heavy (non-hydrogen) atoms. The minimum absolute atomic E-state index is 0.567. The fourth-order valence-corrected chi connectivity index (χ4v) is 3.42. The van der Waals surface area contributed by atoms with Gasteiger partial charge >= 0.3 is 0 Å². The van der Waals surface area contributed by atoms with Gasteiger partial charge in [-0.15, -0.1) is 0 Å². The predicted molar refractivity (Wildman–Crippen MR) is 109 cm³/mol. The van der Waals surface area contributed by atoms with E-state index < -0.39 is 0 Å². The molecule has 0 spiro atoms. The van der Waals surface area contributed by atoms with Crippen LogP contribution in [0, 0.1) is 5.92 Å².